The molecule has 2 aromatic heterocycles. The average molecular weight is 325 g/mol. The summed E-state index contributed by atoms with van der Waals surface area (Å²) in [7, 11) is 0. The molecule has 8 heteroatoms. The molecule has 0 amide bonds. The average Bonchev–Trinajstić information content (AvgIpc) is 2.81. The van der Waals surface area contributed by atoms with Gasteiger partial charge in [-0.25, -0.2) is 9.37 Å². The fourth-order valence-electron chi connectivity index (χ4n) is 1.82. The number of hydrogen-bond donors (Lipinski definition) is 1. The molecule has 2 heterocycles. The zero-order valence-electron chi connectivity index (χ0n) is 10.9. The van der Waals surface area contributed by atoms with Gasteiger partial charge in [0, 0.05) is 22.5 Å². The van der Waals surface area contributed by atoms with Gasteiger partial charge in [0.25, 0.3) is 11.3 Å². The lowest BCUT2D eigenvalue weighted by Crippen LogP contribution is -2.14. The highest BCUT2D eigenvalue weighted by Gasteiger charge is 2.08. The summed E-state index contributed by atoms with van der Waals surface area (Å²) in [5.41, 5.74) is 1.20. The first-order valence-electron chi connectivity index (χ1n) is 6.06. The van der Waals surface area contributed by atoms with Gasteiger partial charge in [-0.05, 0) is 24.6 Å². The van der Waals surface area contributed by atoms with Crippen LogP contribution in [0.25, 0.3) is 5.78 Å². The first-order chi connectivity index (χ1) is 10.0. The molecule has 108 valence electrons. The van der Waals surface area contributed by atoms with Gasteiger partial charge in [-0.15, -0.1) is 0 Å². The highest BCUT2D eigenvalue weighted by molar-refractivity contribution is 7.98. The summed E-state index contributed by atoms with van der Waals surface area (Å²) < 4.78 is 14.3. The number of fused-ring (bicyclic) bond motifs is 1. The van der Waals surface area contributed by atoms with Gasteiger partial charge in [0.2, 0.25) is 0 Å². The van der Waals surface area contributed by atoms with Crippen LogP contribution in [0.2, 0.25) is 5.02 Å². The quantitative estimate of drug-likeness (QED) is 0.752. The van der Waals surface area contributed by atoms with E-state index in [2.05, 4.69) is 15.1 Å². The summed E-state index contributed by atoms with van der Waals surface area (Å²) in [5.74, 6) is 0.462. The third kappa shape index (κ3) is 2.93. The van der Waals surface area contributed by atoms with Gasteiger partial charge in [0.15, 0.2) is 5.16 Å². The normalized spacial score (nSPS) is 11.2. The molecule has 0 aliphatic carbocycles. The molecule has 0 bridgehead atoms. The van der Waals surface area contributed by atoms with E-state index < -0.39 is 0 Å². The van der Waals surface area contributed by atoms with Crippen molar-refractivity contribution in [1.82, 2.24) is 19.6 Å². The van der Waals surface area contributed by atoms with E-state index >= 15 is 0 Å². The highest BCUT2D eigenvalue weighted by Crippen LogP contribution is 2.25. The van der Waals surface area contributed by atoms with E-state index in [1.165, 1.54) is 34.5 Å². The molecule has 0 saturated heterocycles. The minimum absolute atomic E-state index is 0.211. The molecule has 0 spiro atoms. The van der Waals surface area contributed by atoms with Crippen molar-refractivity contribution in [3.63, 3.8) is 0 Å². The monoisotopic (exact) mass is 324 g/mol. The number of nitrogens with one attached hydrogen (secondary N) is 1. The minimum atomic E-state index is -0.372. The van der Waals surface area contributed by atoms with Crippen molar-refractivity contribution < 1.29 is 4.39 Å². The van der Waals surface area contributed by atoms with E-state index in [9.17, 15) is 9.18 Å². The Kier molecular flexibility index (Phi) is 3.69. The SMILES string of the molecule is Cc1cc(=O)n2[nH]c(SCc3ccc(F)cc3Cl)nc2n1. The molecule has 0 radical (unpaired) electrons. The van der Waals surface area contributed by atoms with Gasteiger partial charge in [-0.1, -0.05) is 29.4 Å². The number of halogens is 2. The van der Waals surface area contributed by atoms with E-state index in [1.54, 1.807) is 13.0 Å². The maximum atomic E-state index is 13.0. The molecule has 0 saturated carbocycles. The number of aryl methyl sites for hydroxylation is 1. The number of thioether (sulfide) groups is 1. The second kappa shape index (κ2) is 5.50. The Labute approximate surface area is 128 Å². The van der Waals surface area contributed by atoms with Crippen molar-refractivity contribution >= 4 is 29.1 Å². The Balaban J connectivity index is 1.85. The molecule has 3 rings (SSSR count). The maximum absolute atomic E-state index is 13.0. The van der Waals surface area contributed by atoms with Crippen LogP contribution in [-0.4, -0.2) is 19.6 Å². The Morgan fingerprint density at radius 2 is 2.19 bits per heavy atom. The lowest BCUT2D eigenvalue weighted by Gasteiger charge is -2.02. The highest BCUT2D eigenvalue weighted by atomic mass is 35.5. The number of benzene rings is 1. The maximum Gasteiger partial charge on any atom is 0.274 e. The van der Waals surface area contributed by atoms with Crippen molar-refractivity contribution in [2.45, 2.75) is 17.8 Å². The molecule has 0 aliphatic rings. The number of hydrogen-bond acceptors (Lipinski definition) is 4. The molecule has 21 heavy (non-hydrogen) atoms. The van der Waals surface area contributed by atoms with E-state index in [1.807, 2.05) is 0 Å². The number of nitrogens with zero attached hydrogens (tertiary/aromatic N) is 3. The zero-order chi connectivity index (χ0) is 15.0. The first-order valence-corrected chi connectivity index (χ1v) is 7.42. The van der Waals surface area contributed by atoms with Crippen LogP contribution in [0.3, 0.4) is 0 Å². The summed E-state index contributed by atoms with van der Waals surface area (Å²) in [4.78, 5) is 20.2. The van der Waals surface area contributed by atoms with Gasteiger partial charge < -0.3 is 0 Å². The number of aromatic amines is 1. The van der Waals surface area contributed by atoms with Crippen molar-refractivity contribution in [3.05, 3.63) is 56.7 Å². The van der Waals surface area contributed by atoms with Gasteiger partial charge in [-0.3, -0.25) is 9.89 Å². The van der Waals surface area contributed by atoms with Crippen LogP contribution >= 0.6 is 23.4 Å². The largest absolute Gasteiger partial charge is 0.274 e. The molecular formula is C13H10ClFN4OS. The van der Waals surface area contributed by atoms with Crippen LogP contribution in [0.5, 0.6) is 0 Å². The van der Waals surface area contributed by atoms with Crippen LogP contribution in [0.1, 0.15) is 11.3 Å². The number of rotatable bonds is 3. The van der Waals surface area contributed by atoms with Gasteiger partial charge >= 0.3 is 0 Å². The molecule has 5 nitrogen and oxygen atoms in total. The predicted molar refractivity (Wildman–Crippen MR) is 79.3 cm³/mol. The minimum Gasteiger partial charge on any atom is -0.267 e. The van der Waals surface area contributed by atoms with Crippen LogP contribution in [0.15, 0.2) is 34.2 Å². The summed E-state index contributed by atoms with van der Waals surface area (Å²) in [6.07, 6.45) is 0. The molecule has 0 atom stereocenters. The fraction of sp³-hybridized carbons (Fsp3) is 0.154. The second-order valence-corrected chi connectivity index (χ2v) is 5.80. The Morgan fingerprint density at radius 3 is 2.95 bits per heavy atom. The van der Waals surface area contributed by atoms with Gasteiger partial charge in [0.05, 0.1) is 0 Å². The Bertz CT molecular complexity index is 876. The first kappa shape index (κ1) is 14.1. The number of H-pyrrole nitrogens is 1. The third-order valence-electron chi connectivity index (χ3n) is 2.82. The summed E-state index contributed by atoms with van der Waals surface area (Å²) in [6.45, 7) is 1.74. The lowest BCUT2D eigenvalue weighted by molar-refractivity contribution is 0.627. The standard InChI is InChI=1S/C13H10ClFN4OS/c1-7-4-11(20)19-12(16-7)17-13(18-19)21-6-8-2-3-9(15)5-10(8)14/h2-5H,6H2,1H3,(H,16,17,18). The van der Waals surface area contributed by atoms with Crippen LogP contribution in [0.4, 0.5) is 4.39 Å². The molecule has 1 N–H and O–H groups in total. The lowest BCUT2D eigenvalue weighted by atomic mass is 10.2. The molecule has 1 aromatic carbocycles. The molecule has 0 unspecified atom stereocenters. The molecule has 0 aliphatic heterocycles. The smallest absolute Gasteiger partial charge is 0.267 e. The topological polar surface area (TPSA) is 63.0 Å². The molecule has 3 aromatic rings. The van der Waals surface area contributed by atoms with Crippen molar-refractivity contribution in [2.75, 3.05) is 0 Å². The van der Waals surface area contributed by atoms with Crippen molar-refractivity contribution in [2.24, 2.45) is 0 Å². The summed E-state index contributed by atoms with van der Waals surface area (Å²) in [6, 6.07) is 5.68. The van der Waals surface area contributed by atoms with E-state index in [0.717, 1.165) is 5.56 Å². The fourth-order valence-corrected chi connectivity index (χ4v) is 2.98. The summed E-state index contributed by atoms with van der Waals surface area (Å²) >= 11 is 7.33. The predicted octanol–water partition coefficient (Wildman–Crippen LogP) is 2.81. The van der Waals surface area contributed by atoms with Crippen molar-refractivity contribution in [3.8, 4) is 0 Å². The Morgan fingerprint density at radius 1 is 1.38 bits per heavy atom. The van der Waals surface area contributed by atoms with Crippen LogP contribution < -0.4 is 5.56 Å². The van der Waals surface area contributed by atoms with Crippen LogP contribution in [0, 0.1) is 12.7 Å². The zero-order valence-corrected chi connectivity index (χ0v) is 12.5. The van der Waals surface area contributed by atoms with Crippen molar-refractivity contribution in [1.29, 1.82) is 0 Å². The molecule has 0 fully saturated rings. The van der Waals surface area contributed by atoms with Gasteiger partial charge in [0.1, 0.15) is 5.82 Å². The van der Waals surface area contributed by atoms with Gasteiger partial charge in [-0.2, -0.15) is 9.50 Å². The summed E-state index contributed by atoms with van der Waals surface area (Å²) in [5, 5.41) is 3.78. The Hall–Kier alpha value is -1.86. The van der Waals surface area contributed by atoms with E-state index in [0.29, 0.717) is 27.4 Å². The third-order valence-corrected chi connectivity index (χ3v) is 4.08. The number of aromatic nitrogens is 4. The molecular weight excluding hydrogens is 315 g/mol. The van der Waals surface area contributed by atoms with Crippen LogP contribution in [-0.2, 0) is 5.75 Å². The second-order valence-electron chi connectivity index (χ2n) is 4.42. The van der Waals surface area contributed by atoms with E-state index in [4.69, 9.17) is 11.6 Å². The van der Waals surface area contributed by atoms with E-state index in [-0.39, 0.29) is 11.4 Å².